The van der Waals surface area contributed by atoms with Crippen molar-refractivity contribution in [2.45, 2.75) is 0 Å². The predicted molar refractivity (Wildman–Crippen MR) is 71.7 cm³/mol. The summed E-state index contributed by atoms with van der Waals surface area (Å²) in [6, 6.07) is 9.79. The van der Waals surface area contributed by atoms with E-state index in [1.807, 2.05) is 0 Å². The zero-order valence-electron chi connectivity index (χ0n) is 10.5. The first-order valence-electron chi connectivity index (χ1n) is 5.64. The molecule has 2 rings (SSSR count). The summed E-state index contributed by atoms with van der Waals surface area (Å²) in [6.45, 7) is 0. The molecule has 0 saturated heterocycles. The summed E-state index contributed by atoms with van der Waals surface area (Å²) >= 11 is 0. The Morgan fingerprint density at radius 2 is 2.10 bits per heavy atom. The zero-order chi connectivity index (χ0) is 14.5. The molecule has 1 aromatic heterocycles. The van der Waals surface area contributed by atoms with Crippen molar-refractivity contribution in [3.63, 3.8) is 0 Å². The first kappa shape index (κ1) is 13.3. The maximum absolute atomic E-state index is 10.9. The van der Waals surface area contributed by atoms with Gasteiger partial charge in [0.1, 0.15) is 11.8 Å². The molecule has 0 spiro atoms. The molecular formula is C13H10N4O3. The molecule has 0 bridgehead atoms. The molecule has 0 unspecified atom stereocenters. The lowest BCUT2D eigenvalue weighted by Gasteiger charge is -2.06. The Labute approximate surface area is 114 Å². The zero-order valence-corrected chi connectivity index (χ0v) is 10.5. The van der Waals surface area contributed by atoms with Crippen LogP contribution in [0.1, 0.15) is 5.56 Å². The van der Waals surface area contributed by atoms with Gasteiger partial charge in [0.2, 0.25) is 0 Å². The van der Waals surface area contributed by atoms with Crippen molar-refractivity contribution in [2.24, 2.45) is 0 Å². The van der Waals surface area contributed by atoms with Gasteiger partial charge >= 0.3 is 5.69 Å². The van der Waals surface area contributed by atoms with Crippen LogP contribution in [0.15, 0.2) is 36.5 Å². The highest BCUT2D eigenvalue weighted by atomic mass is 16.6. The van der Waals surface area contributed by atoms with E-state index < -0.39 is 4.92 Å². The van der Waals surface area contributed by atoms with Crippen molar-refractivity contribution in [1.82, 2.24) is 4.98 Å². The van der Waals surface area contributed by atoms with Crippen molar-refractivity contribution >= 4 is 11.4 Å². The van der Waals surface area contributed by atoms with E-state index in [0.717, 1.165) is 11.8 Å². The highest BCUT2D eigenvalue weighted by Gasteiger charge is 2.18. The molecule has 1 aromatic carbocycles. The lowest BCUT2D eigenvalue weighted by molar-refractivity contribution is -0.386. The van der Waals surface area contributed by atoms with Gasteiger partial charge in [-0.25, -0.2) is 4.98 Å². The fraction of sp³-hybridized carbons (Fsp3) is 0.0769. The van der Waals surface area contributed by atoms with Crippen LogP contribution in [0.5, 0.6) is 11.6 Å². The maximum atomic E-state index is 10.9. The Balaban J connectivity index is 2.32. The molecule has 20 heavy (non-hydrogen) atoms. The molecule has 0 saturated carbocycles. The van der Waals surface area contributed by atoms with Gasteiger partial charge in [-0.2, -0.15) is 5.26 Å². The molecule has 0 amide bonds. The third-order valence-electron chi connectivity index (χ3n) is 2.52. The van der Waals surface area contributed by atoms with Gasteiger partial charge in [0.15, 0.2) is 0 Å². The lowest BCUT2D eigenvalue weighted by Crippen LogP contribution is -1.97. The van der Waals surface area contributed by atoms with Crippen LogP contribution in [0.25, 0.3) is 0 Å². The fourth-order valence-corrected chi connectivity index (χ4v) is 1.51. The minimum atomic E-state index is -0.634. The second-order valence-corrected chi connectivity index (χ2v) is 3.79. The lowest BCUT2D eigenvalue weighted by atomic mass is 10.3. The number of benzene rings is 1. The van der Waals surface area contributed by atoms with Crippen molar-refractivity contribution in [3.8, 4) is 17.7 Å². The van der Waals surface area contributed by atoms with Crippen LogP contribution in [0, 0.1) is 21.4 Å². The van der Waals surface area contributed by atoms with E-state index in [4.69, 9.17) is 10.00 Å². The minimum Gasteiger partial charge on any atom is -0.434 e. The van der Waals surface area contributed by atoms with Crippen LogP contribution in [-0.2, 0) is 0 Å². The molecular weight excluding hydrogens is 260 g/mol. The topological polar surface area (TPSA) is 101 Å². The van der Waals surface area contributed by atoms with Crippen molar-refractivity contribution in [2.75, 3.05) is 12.4 Å². The van der Waals surface area contributed by atoms with Crippen molar-refractivity contribution in [1.29, 1.82) is 5.26 Å². The number of anilines is 1. The van der Waals surface area contributed by atoms with Gasteiger partial charge in [-0.15, -0.1) is 0 Å². The van der Waals surface area contributed by atoms with Crippen LogP contribution in [0.4, 0.5) is 11.4 Å². The standard InChI is InChI=1S/C13H10N4O3/c1-15-10-2-4-11(5-3-10)20-13-12(17(18)19)6-9(7-14)8-16-13/h2-6,8,15H,1H3. The molecule has 7 nitrogen and oxygen atoms in total. The van der Waals surface area contributed by atoms with Gasteiger partial charge in [-0.3, -0.25) is 10.1 Å². The highest BCUT2D eigenvalue weighted by Crippen LogP contribution is 2.30. The average molecular weight is 270 g/mol. The Kier molecular flexibility index (Phi) is 3.77. The SMILES string of the molecule is CNc1ccc(Oc2ncc(C#N)cc2[N+](=O)[O-])cc1. The number of aromatic nitrogens is 1. The summed E-state index contributed by atoms with van der Waals surface area (Å²) < 4.78 is 5.38. The van der Waals surface area contributed by atoms with E-state index in [9.17, 15) is 10.1 Å². The van der Waals surface area contributed by atoms with Crippen LogP contribution >= 0.6 is 0 Å². The molecule has 1 N–H and O–H groups in total. The predicted octanol–water partition coefficient (Wildman–Crippen LogP) is 2.70. The van der Waals surface area contributed by atoms with Gasteiger partial charge < -0.3 is 10.1 Å². The van der Waals surface area contributed by atoms with Gasteiger partial charge in [-0.1, -0.05) is 0 Å². The summed E-state index contributed by atoms with van der Waals surface area (Å²) in [5, 5.41) is 22.6. The molecule has 100 valence electrons. The molecule has 0 aliphatic carbocycles. The average Bonchev–Trinajstić information content (AvgIpc) is 2.48. The number of nitrogens with one attached hydrogen (secondary N) is 1. The smallest absolute Gasteiger partial charge is 0.332 e. The summed E-state index contributed by atoms with van der Waals surface area (Å²) in [4.78, 5) is 14.1. The Hall–Kier alpha value is -3.14. The number of nitriles is 1. The number of nitro groups is 1. The van der Waals surface area contributed by atoms with Gasteiger partial charge in [-0.05, 0) is 24.3 Å². The number of nitrogens with zero attached hydrogens (tertiary/aromatic N) is 3. The Morgan fingerprint density at radius 1 is 1.40 bits per heavy atom. The van der Waals surface area contributed by atoms with E-state index in [1.165, 1.54) is 6.20 Å². The molecule has 2 aromatic rings. The second kappa shape index (κ2) is 5.67. The van der Waals surface area contributed by atoms with Crippen molar-refractivity contribution in [3.05, 3.63) is 52.2 Å². The third kappa shape index (κ3) is 2.81. The molecule has 1 heterocycles. The molecule has 0 atom stereocenters. The highest BCUT2D eigenvalue weighted by molar-refractivity contribution is 5.50. The van der Waals surface area contributed by atoms with Crippen LogP contribution in [0.3, 0.4) is 0 Å². The fourth-order valence-electron chi connectivity index (χ4n) is 1.51. The molecule has 0 radical (unpaired) electrons. The summed E-state index contributed by atoms with van der Waals surface area (Å²) in [6.07, 6.45) is 1.23. The van der Waals surface area contributed by atoms with E-state index in [1.54, 1.807) is 37.4 Å². The van der Waals surface area contributed by atoms with Gasteiger partial charge in [0, 0.05) is 25.0 Å². The van der Waals surface area contributed by atoms with Crippen LogP contribution in [-0.4, -0.2) is 17.0 Å². The van der Waals surface area contributed by atoms with E-state index >= 15 is 0 Å². The van der Waals surface area contributed by atoms with Crippen LogP contribution < -0.4 is 10.1 Å². The molecule has 7 heteroatoms. The summed E-state index contributed by atoms with van der Waals surface area (Å²) in [5.74, 6) is 0.274. The first-order chi connectivity index (χ1) is 9.63. The van der Waals surface area contributed by atoms with E-state index in [0.29, 0.717) is 5.75 Å². The summed E-state index contributed by atoms with van der Waals surface area (Å²) in [5.41, 5.74) is 0.649. The minimum absolute atomic E-state index is 0.106. The Morgan fingerprint density at radius 3 is 2.65 bits per heavy atom. The third-order valence-corrected chi connectivity index (χ3v) is 2.52. The van der Waals surface area contributed by atoms with E-state index in [-0.39, 0.29) is 17.1 Å². The van der Waals surface area contributed by atoms with E-state index in [2.05, 4.69) is 10.3 Å². The first-order valence-corrected chi connectivity index (χ1v) is 5.64. The maximum Gasteiger partial charge on any atom is 0.332 e. The molecule has 0 aliphatic heterocycles. The summed E-state index contributed by atoms with van der Waals surface area (Å²) in [7, 11) is 1.78. The molecule has 0 fully saturated rings. The number of hydrogen-bond acceptors (Lipinski definition) is 6. The number of pyridine rings is 1. The monoisotopic (exact) mass is 270 g/mol. The largest absolute Gasteiger partial charge is 0.434 e. The number of rotatable bonds is 4. The van der Waals surface area contributed by atoms with Gasteiger partial charge in [0.25, 0.3) is 5.88 Å². The Bertz CT molecular complexity index is 677. The number of ether oxygens (including phenoxy) is 1. The van der Waals surface area contributed by atoms with Crippen molar-refractivity contribution < 1.29 is 9.66 Å². The second-order valence-electron chi connectivity index (χ2n) is 3.79. The number of hydrogen-bond donors (Lipinski definition) is 1. The van der Waals surface area contributed by atoms with Crippen LogP contribution in [0.2, 0.25) is 0 Å². The normalized spacial score (nSPS) is 9.60. The quantitative estimate of drug-likeness (QED) is 0.677. The molecule has 0 aliphatic rings. The van der Waals surface area contributed by atoms with Gasteiger partial charge in [0.05, 0.1) is 10.5 Å².